The molecule has 0 atom stereocenters. The molecule has 0 aliphatic rings. The van der Waals surface area contributed by atoms with Crippen molar-refractivity contribution in [3.05, 3.63) is 71.4 Å². The summed E-state index contributed by atoms with van der Waals surface area (Å²) < 4.78 is 3.90. The lowest BCUT2D eigenvalue weighted by atomic mass is 10.2. The number of aryl methyl sites for hydroxylation is 1. The SMILES string of the molecule is Cc1c(C#N)c(NC(=O)CSc2nc3ccccc3n2C)n(-c2ccccc2)c1C. The van der Waals surface area contributed by atoms with Crippen molar-refractivity contribution in [2.45, 2.75) is 19.0 Å². The van der Waals surface area contributed by atoms with Crippen molar-refractivity contribution in [3.63, 3.8) is 0 Å². The maximum atomic E-state index is 12.8. The van der Waals surface area contributed by atoms with Crippen LogP contribution in [0.2, 0.25) is 0 Å². The van der Waals surface area contributed by atoms with E-state index in [1.165, 1.54) is 11.8 Å². The van der Waals surface area contributed by atoms with E-state index in [0.717, 1.165) is 33.1 Å². The van der Waals surface area contributed by atoms with Gasteiger partial charge in [0.2, 0.25) is 5.91 Å². The first-order valence-electron chi connectivity index (χ1n) is 9.52. The van der Waals surface area contributed by atoms with Gasteiger partial charge in [-0.15, -0.1) is 0 Å². The van der Waals surface area contributed by atoms with Crippen molar-refractivity contribution in [3.8, 4) is 11.8 Å². The second kappa shape index (κ2) is 8.09. The highest BCUT2D eigenvalue weighted by Crippen LogP contribution is 2.30. The number of para-hydroxylation sites is 3. The van der Waals surface area contributed by atoms with Gasteiger partial charge in [-0.3, -0.25) is 9.36 Å². The summed E-state index contributed by atoms with van der Waals surface area (Å²) in [7, 11) is 1.94. The Morgan fingerprint density at radius 2 is 1.83 bits per heavy atom. The van der Waals surface area contributed by atoms with Gasteiger partial charge in [0.05, 0.1) is 22.3 Å². The van der Waals surface area contributed by atoms with E-state index in [1.54, 1.807) is 0 Å². The van der Waals surface area contributed by atoms with Crippen molar-refractivity contribution < 1.29 is 4.79 Å². The van der Waals surface area contributed by atoms with Gasteiger partial charge < -0.3 is 9.88 Å². The summed E-state index contributed by atoms with van der Waals surface area (Å²) in [5.74, 6) is 0.521. The lowest BCUT2D eigenvalue weighted by Gasteiger charge is -2.13. The Kier molecular flexibility index (Phi) is 5.34. The molecule has 30 heavy (non-hydrogen) atoms. The number of anilines is 1. The fourth-order valence-corrected chi connectivity index (χ4v) is 4.30. The Balaban J connectivity index is 1.59. The minimum atomic E-state index is -0.182. The predicted octanol–water partition coefficient (Wildman–Crippen LogP) is 4.58. The number of aromatic nitrogens is 3. The zero-order valence-corrected chi connectivity index (χ0v) is 17.8. The van der Waals surface area contributed by atoms with E-state index in [2.05, 4.69) is 16.4 Å². The number of fused-ring (bicyclic) bond motifs is 1. The molecule has 0 saturated carbocycles. The van der Waals surface area contributed by atoms with E-state index < -0.39 is 0 Å². The third kappa shape index (κ3) is 3.46. The van der Waals surface area contributed by atoms with Crippen LogP contribution in [-0.4, -0.2) is 25.8 Å². The number of benzene rings is 2. The van der Waals surface area contributed by atoms with Gasteiger partial charge in [0, 0.05) is 18.4 Å². The highest BCUT2D eigenvalue weighted by atomic mass is 32.2. The molecule has 6 nitrogen and oxygen atoms in total. The van der Waals surface area contributed by atoms with Gasteiger partial charge in [0.1, 0.15) is 11.9 Å². The summed E-state index contributed by atoms with van der Waals surface area (Å²) in [6.07, 6.45) is 0. The molecule has 2 aromatic heterocycles. The lowest BCUT2D eigenvalue weighted by molar-refractivity contribution is -0.113. The number of rotatable bonds is 5. The van der Waals surface area contributed by atoms with Crippen molar-refractivity contribution in [1.29, 1.82) is 5.26 Å². The number of nitrogens with zero attached hydrogens (tertiary/aromatic N) is 4. The quantitative estimate of drug-likeness (QED) is 0.484. The van der Waals surface area contributed by atoms with Gasteiger partial charge in [0.25, 0.3) is 0 Å². The number of nitriles is 1. The Hall–Kier alpha value is -3.50. The number of thioether (sulfide) groups is 1. The van der Waals surface area contributed by atoms with Crippen molar-refractivity contribution in [2.75, 3.05) is 11.1 Å². The molecular formula is C23H21N5OS. The topological polar surface area (TPSA) is 75.6 Å². The first-order valence-corrected chi connectivity index (χ1v) is 10.5. The van der Waals surface area contributed by atoms with Crippen LogP contribution < -0.4 is 5.32 Å². The average Bonchev–Trinajstić information content (AvgIpc) is 3.20. The Morgan fingerprint density at radius 3 is 2.53 bits per heavy atom. The number of hydrogen-bond acceptors (Lipinski definition) is 4. The van der Waals surface area contributed by atoms with E-state index in [4.69, 9.17) is 0 Å². The third-order valence-electron chi connectivity index (χ3n) is 5.18. The standard InChI is InChI=1S/C23H21N5OS/c1-15-16(2)28(17-9-5-4-6-10-17)22(18(15)13-24)26-21(29)14-30-23-25-19-11-7-8-12-20(19)27(23)3/h4-12H,14H2,1-3H3,(H,26,29). The predicted molar refractivity (Wildman–Crippen MR) is 120 cm³/mol. The van der Waals surface area contributed by atoms with E-state index in [1.807, 2.05) is 84.6 Å². The second-order valence-electron chi connectivity index (χ2n) is 7.00. The molecule has 0 aliphatic heterocycles. The van der Waals surface area contributed by atoms with E-state index in [-0.39, 0.29) is 11.7 Å². The highest BCUT2D eigenvalue weighted by molar-refractivity contribution is 7.99. The zero-order chi connectivity index (χ0) is 21.3. The van der Waals surface area contributed by atoms with E-state index in [9.17, 15) is 10.1 Å². The molecule has 2 aromatic carbocycles. The van der Waals surface area contributed by atoms with Gasteiger partial charge >= 0.3 is 0 Å². The van der Waals surface area contributed by atoms with Crippen LogP contribution in [0.5, 0.6) is 0 Å². The molecule has 4 aromatic rings. The van der Waals surface area contributed by atoms with E-state index >= 15 is 0 Å². The molecule has 2 heterocycles. The highest BCUT2D eigenvalue weighted by Gasteiger charge is 2.21. The van der Waals surface area contributed by atoms with Gasteiger partial charge in [-0.1, -0.05) is 42.1 Å². The smallest absolute Gasteiger partial charge is 0.236 e. The van der Waals surface area contributed by atoms with Crippen LogP contribution in [0.25, 0.3) is 16.7 Å². The molecule has 0 unspecified atom stereocenters. The van der Waals surface area contributed by atoms with Crippen molar-refractivity contribution >= 4 is 34.5 Å². The maximum Gasteiger partial charge on any atom is 0.236 e. The number of imidazole rings is 1. The number of amides is 1. The number of nitrogens with one attached hydrogen (secondary N) is 1. The molecule has 7 heteroatoms. The van der Waals surface area contributed by atoms with Crippen LogP contribution in [-0.2, 0) is 11.8 Å². The fourth-order valence-electron chi connectivity index (χ4n) is 3.51. The van der Waals surface area contributed by atoms with Crippen LogP contribution in [0.15, 0.2) is 59.8 Å². The van der Waals surface area contributed by atoms with Crippen LogP contribution in [0.3, 0.4) is 0 Å². The Labute approximate surface area is 179 Å². The monoisotopic (exact) mass is 415 g/mol. The summed E-state index contributed by atoms with van der Waals surface area (Å²) >= 11 is 1.37. The maximum absolute atomic E-state index is 12.8. The summed E-state index contributed by atoms with van der Waals surface area (Å²) in [6.45, 7) is 3.85. The van der Waals surface area contributed by atoms with Gasteiger partial charge in [-0.05, 0) is 43.7 Å². The first kappa shape index (κ1) is 19.8. The number of hydrogen-bond donors (Lipinski definition) is 1. The van der Waals surface area contributed by atoms with Crippen molar-refractivity contribution in [2.24, 2.45) is 7.05 Å². The molecule has 4 rings (SSSR count). The van der Waals surface area contributed by atoms with Gasteiger partial charge in [0.15, 0.2) is 5.16 Å². The summed E-state index contributed by atoms with van der Waals surface area (Å²) in [5.41, 5.74) is 5.10. The molecule has 150 valence electrons. The Bertz CT molecular complexity index is 1280. The molecule has 0 saturated heterocycles. The van der Waals surface area contributed by atoms with Crippen LogP contribution in [0, 0.1) is 25.2 Å². The molecular weight excluding hydrogens is 394 g/mol. The summed E-state index contributed by atoms with van der Waals surface area (Å²) in [5, 5.41) is 13.4. The minimum absolute atomic E-state index is 0.182. The van der Waals surface area contributed by atoms with Crippen LogP contribution in [0.1, 0.15) is 16.8 Å². The summed E-state index contributed by atoms with van der Waals surface area (Å²) in [4.78, 5) is 17.4. The molecule has 0 spiro atoms. The molecule has 1 N–H and O–H groups in total. The fraction of sp³-hybridized carbons (Fsp3) is 0.174. The lowest BCUT2D eigenvalue weighted by Crippen LogP contribution is -2.18. The average molecular weight is 416 g/mol. The van der Waals surface area contributed by atoms with Crippen LogP contribution in [0.4, 0.5) is 5.82 Å². The normalized spacial score (nSPS) is 10.9. The number of carbonyl (C=O) groups excluding carboxylic acids is 1. The third-order valence-corrected chi connectivity index (χ3v) is 6.21. The zero-order valence-electron chi connectivity index (χ0n) is 17.0. The largest absolute Gasteiger partial charge is 0.322 e. The number of carbonyl (C=O) groups is 1. The molecule has 0 radical (unpaired) electrons. The molecule has 0 fully saturated rings. The minimum Gasteiger partial charge on any atom is -0.322 e. The van der Waals surface area contributed by atoms with Crippen LogP contribution >= 0.6 is 11.8 Å². The first-order chi connectivity index (χ1) is 14.5. The Morgan fingerprint density at radius 1 is 1.13 bits per heavy atom. The van der Waals surface area contributed by atoms with E-state index in [0.29, 0.717) is 11.4 Å². The molecule has 0 aliphatic carbocycles. The van der Waals surface area contributed by atoms with Crippen molar-refractivity contribution in [1.82, 2.24) is 14.1 Å². The summed E-state index contributed by atoms with van der Waals surface area (Å²) in [6, 6.07) is 19.8. The second-order valence-corrected chi connectivity index (χ2v) is 7.94. The van der Waals surface area contributed by atoms with Gasteiger partial charge in [-0.25, -0.2) is 4.98 Å². The molecule has 1 amide bonds. The van der Waals surface area contributed by atoms with Gasteiger partial charge in [-0.2, -0.15) is 5.26 Å². The molecule has 0 bridgehead atoms.